The van der Waals surface area contributed by atoms with Crippen LogP contribution < -0.4 is 15.5 Å². The van der Waals surface area contributed by atoms with Crippen molar-refractivity contribution < 1.29 is 50.9 Å². The predicted molar refractivity (Wildman–Crippen MR) is 173 cm³/mol. The second kappa shape index (κ2) is 18.5. The fraction of sp³-hybridized carbons (Fsp3) is 0.484. The molecule has 0 fully saturated rings. The number of carbonyl (C=O) groups is 3. The second-order valence-electron chi connectivity index (χ2n) is 11.6. The fourth-order valence-corrected chi connectivity index (χ4v) is 5.48. The number of ketones is 2. The van der Waals surface area contributed by atoms with Gasteiger partial charge in [0.25, 0.3) is 0 Å². The number of halogens is 7. The molecule has 3 rings (SSSR count). The highest BCUT2D eigenvalue weighted by Crippen LogP contribution is 2.28. The van der Waals surface area contributed by atoms with E-state index < -0.39 is 29.3 Å². The number of thiazole rings is 1. The van der Waals surface area contributed by atoms with Crippen molar-refractivity contribution in [3.63, 3.8) is 0 Å². The van der Waals surface area contributed by atoms with Gasteiger partial charge >= 0.3 is 28.8 Å². The summed E-state index contributed by atoms with van der Waals surface area (Å²) in [5.41, 5.74) is 2.16. The highest BCUT2D eigenvalue weighted by molar-refractivity contribution is 7.16. The number of nitrogens with one attached hydrogen (secondary N) is 3. The molecule has 0 bridgehead atoms. The SMILES string of the molecule is CC(C)(CO)CN(CCNCCc1ccc(O)c2[nH]c(=O)sc12)C(=O)CCNCCc1ccccc1Cl.O=C(C(=O)C(F)(F)F)C(F)(F)F. The first kappa shape index (κ1) is 41.7. The molecule has 10 nitrogen and oxygen atoms in total. The number of nitrogens with zero attached hydrogens (tertiary/aromatic N) is 1. The molecule has 0 radical (unpaired) electrons. The lowest BCUT2D eigenvalue weighted by Crippen LogP contribution is -2.44. The molecule has 1 aromatic heterocycles. The summed E-state index contributed by atoms with van der Waals surface area (Å²) in [7, 11) is 0. The van der Waals surface area contributed by atoms with E-state index in [0.29, 0.717) is 51.1 Å². The fourth-order valence-electron chi connectivity index (χ4n) is 4.35. The molecule has 0 aliphatic carbocycles. The van der Waals surface area contributed by atoms with Gasteiger partial charge in [-0.05, 0) is 49.2 Å². The van der Waals surface area contributed by atoms with Crippen LogP contribution >= 0.6 is 22.9 Å². The van der Waals surface area contributed by atoms with Crippen LogP contribution in [0.15, 0.2) is 41.2 Å². The summed E-state index contributed by atoms with van der Waals surface area (Å²) in [5.74, 6) is -6.69. The maximum Gasteiger partial charge on any atom is 0.458 e. The van der Waals surface area contributed by atoms with Gasteiger partial charge in [0.2, 0.25) is 5.91 Å². The van der Waals surface area contributed by atoms with Crippen LogP contribution in [0.25, 0.3) is 10.2 Å². The molecule has 5 N–H and O–H groups in total. The van der Waals surface area contributed by atoms with Crippen LogP contribution in [0.4, 0.5) is 26.3 Å². The van der Waals surface area contributed by atoms with Crippen molar-refractivity contribution in [3.8, 4) is 5.75 Å². The number of benzene rings is 2. The number of alkyl halides is 6. The first-order valence-corrected chi connectivity index (χ1v) is 16.1. The number of aliphatic hydroxyl groups is 1. The summed E-state index contributed by atoms with van der Waals surface area (Å²) in [6, 6.07) is 11.2. The lowest BCUT2D eigenvalue weighted by atomic mass is 9.94. The number of hydrogen-bond acceptors (Lipinski definition) is 9. The number of fused-ring (bicyclic) bond motifs is 1. The minimum atomic E-state index is -5.77. The van der Waals surface area contributed by atoms with Crippen LogP contribution in [-0.2, 0) is 27.2 Å². The van der Waals surface area contributed by atoms with Crippen LogP contribution in [0, 0.1) is 5.41 Å². The molecular formula is C31H37ClF6N4O6S. The summed E-state index contributed by atoms with van der Waals surface area (Å²) < 4.78 is 67.7. The Hall–Kier alpha value is -3.51. The van der Waals surface area contributed by atoms with E-state index in [2.05, 4.69) is 15.6 Å². The van der Waals surface area contributed by atoms with Crippen molar-refractivity contribution in [2.75, 3.05) is 45.9 Å². The maximum absolute atomic E-state index is 13.0. The zero-order valence-electron chi connectivity index (χ0n) is 26.6. The third-order valence-corrected chi connectivity index (χ3v) is 8.26. The average Bonchev–Trinajstić information content (AvgIpc) is 3.43. The number of Topliss-reactive ketones (excluding diaryl/α,β-unsaturated/α-hetero) is 2. The summed E-state index contributed by atoms with van der Waals surface area (Å²) in [6.07, 6.45) is -9.68. The van der Waals surface area contributed by atoms with E-state index in [1.165, 1.54) is 0 Å². The molecule has 2 aromatic carbocycles. The van der Waals surface area contributed by atoms with Crippen LogP contribution in [0.1, 0.15) is 31.4 Å². The molecule has 0 unspecified atom stereocenters. The van der Waals surface area contributed by atoms with Gasteiger partial charge in [0.1, 0.15) is 11.3 Å². The first-order valence-electron chi connectivity index (χ1n) is 14.9. The Bertz CT molecular complexity index is 1600. The number of rotatable bonds is 16. The van der Waals surface area contributed by atoms with E-state index in [9.17, 15) is 55.7 Å². The average molecular weight is 743 g/mol. The molecule has 1 amide bonds. The number of H-pyrrole nitrogens is 1. The largest absolute Gasteiger partial charge is 0.506 e. The van der Waals surface area contributed by atoms with Gasteiger partial charge in [-0.25, -0.2) is 0 Å². The minimum Gasteiger partial charge on any atom is -0.506 e. The van der Waals surface area contributed by atoms with Crippen molar-refractivity contribution in [2.45, 2.75) is 45.5 Å². The van der Waals surface area contributed by atoms with E-state index >= 15 is 0 Å². The van der Waals surface area contributed by atoms with Crippen molar-refractivity contribution in [3.05, 3.63) is 62.2 Å². The van der Waals surface area contributed by atoms with Gasteiger partial charge in [-0.1, -0.05) is 61.1 Å². The Labute approximate surface area is 286 Å². The lowest BCUT2D eigenvalue weighted by molar-refractivity contribution is -0.193. The Kier molecular flexibility index (Phi) is 15.7. The molecule has 0 aliphatic rings. The number of aromatic amines is 1. The molecule has 0 saturated carbocycles. The summed E-state index contributed by atoms with van der Waals surface area (Å²) in [5, 5.41) is 27.1. The Morgan fingerprint density at radius 2 is 1.45 bits per heavy atom. The predicted octanol–water partition coefficient (Wildman–Crippen LogP) is 4.40. The number of phenols is 1. The van der Waals surface area contributed by atoms with Gasteiger partial charge in [-0.2, -0.15) is 26.3 Å². The van der Waals surface area contributed by atoms with E-state index in [1.807, 2.05) is 49.1 Å². The number of aliphatic hydroxyl groups excluding tert-OH is 1. The molecule has 0 saturated heterocycles. The van der Waals surface area contributed by atoms with Crippen LogP contribution in [-0.4, -0.2) is 95.8 Å². The Morgan fingerprint density at radius 3 is 2.02 bits per heavy atom. The quantitative estimate of drug-likeness (QED) is 0.0824. The molecule has 49 heavy (non-hydrogen) atoms. The molecule has 0 atom stereocenters. The van der Waals surface area contributed by atoms with Gasteiger partial charge < -0.3 is 30.7 Å². The van der Waals surface area contributed by atoms with Crippen molar-refractivity contribution in [1.29, 1.82) is 0 Å². The highest BCUT2D eigenvalue weighted by atomic mass is 35.5. The van der Waals surface area contributed by atoms with Gasteiger partial charge in [-0.3, -0.25) is 19.2 Å². The third kappa shape index (κ3) is 13.7. The van der Waals surface area contributed by atoms with Gasteiger partial charge in [0, 0.05) is 49.6 Å². The standard InChI is InChI=1S/C27H37ClN4O4S.C4F6O2/c1-27(2,18-33)17-32(23(35)11-14-29-12-9-19-5-3-4-6-21(19)28)16-15-30-13-10-20-7-8-22(34)24-25(20)37-26(36)31-24;5-3(6,7)1(11)2(12)4(8,9)10/h3-8,29-30,33-34H,9-18H2,1-2H3,(H,31,36);. The zero-order valence-corrected chi connectivity index (χ0v) is 28.1. The molecule has 0 aliphatic heterocycles. The van der Waals surface area contributed by atoms with Crippen molar-refractivity contribution in [2.24, 2.45) is 5.41 Å². The number of aromatic nitrogens is 1. The minimum absolute atomic E-state index is 0.00330. The van der Waals surface area contributed by atoms with Gasteiger partial charge in [0.15, 0.2) is 0 Å². The molecule has 18 heteroatoms. The topological polar surface area (TPSA) is 152 Å². The van der Waals surface area contributed by atoms with E-state index in [1.54, 1.807) is 6.07 Å². The van der Waals surface area contributed by atoms with Crippen LogP contribution in [0.5, 0.6) is 5.75 Å². The molecular weight excluding hydrogens is 706 g/mol. The first-order chi connectivity index (χ1) is 22.8. The summed E-state index contributed by atoms with van der Waals surface area (Å²) in [4.78, 5) is 48.2. The highest BCUT2D eigenvalue weighted by Gasteiger charge is 2.54. The maximum atomic E-state index is 13.0. The van der Waals surface area contributed by atoms with Gasteiger partial charge in [-0.15, -0.1) is 0 Å². The lowest BCUT2D eigenvalue weighted by Gasteiger charge is -2.31. The van der Waals surface area contributed by atoms with E-state index in [4.69, 9.17) is 11.6 Å². The summed E-state index contributed by atoms with van der Waals surface area (Å²) in [6.45, 7) is 7.48. The normalized spacial score (nSPS) is 12.0. The Balaban J connectivity index is 0.000000591. The van der Waals surface area contributed by atoms with E-state index in [0.717, 1.165) is 45.2 Å². The smallest absolute Gasteiger partial charge is 0.458 e. The molecule has 1 heterocycles. The number of hydrogen-bond donors (Lipinski definition) is 5. The molecule has 272 valence electrons. The Morgan fingerprint density at radius 1 is 0.878 bits per heavy atom. The van der Waals surface area contributed by atoms with E-state index in [-0.39, 0.29) is 23.1 Å². The van der Waals surface area contributed by atoms with Crippen molar-refractivity contribution in [1.82, 2.24) is 20.5 Å². The van der Waals surface area contributed by atoms with Crippen LogP contribution in [0.2, 0.25) is 5.02 Å². The monoisotopic (exact) mass is 742 g/mol. The van der Waals surface area contributed by atoms with Crippen molar-refractivity contribution >= 4 is 50.6 Å². The van der Waals surface area contributed by atoms with Gasteiger partial charge in [0.05, 0.1) is 4.70 Å². The number of phenolic OH excluding ortho intramolecular Hbond substituents is 1. The second-order valence-corrected chi connectivity index (χ2v) is 13.0. The summed E-state index contributed by atoms with van der Waals surface area (Å²) >= 11 is 7.30. The number of amides is 1. The molecule has 3 aromatic rings. The third-order valence-electron chi connectivity index (χ3n) is 6.93. The zero-order chi connectivity index (χ0) is 37.0. The van der Waals surface area contributed by atoms with Crippen LogP contribution in [0.3, 0.4) is 0 Å². The number of carbonyl (C=O) groups excluding carboxylic acids is 3. The molecule has 0 spiro atoms. The number of aromatic hydroxyl groups is 1.